The van der Waals surface area contributed by atoms with Crippen molar-refractivity contribution in [2.45, 2.75) is 38.3 Å². The van der Waals surface area contributed by atoms with E-state index in [0.717, 1.165) is 18.5 Å². The molecule has 110 valence electrons. The Morgan fingerprint density at radius 3 is 3.00 bits per heavy atom. The Bertz CT molecular complexity index is 592. The number of nitrogens with one attached hydrogen (secondary N) is 1. The number of aromatic nitrogens is 1. The normalized spacial score (nSPS) is 15.0. The fourth-order valence-electron chi connectivity index (χ4n) is 2.53. The van der Waals surface area contributed by atoms with Crippen LogP contribution in [0.15, 0.2) is 35.2 Å². The number of hydrogen-bond acceptors (Lipinski definition) is 4. The molecule has 1 N–H and O–H groups in total. The van der Waals surface area contributed by atoms with Crippen molar-refractivity contribution in [2.24, 2.45) is 0 Å². The van der Waals surface area contributed by atoms with Gasteiger partial charge in [-0.1, -0.05) is 18.9 Å². The SMILES string of the molecule is O=C(NC1CCCC1)c1cccc(OCc2cscn2)c1. The van der Waals surface area contributed by atoms with E-state index in [1.54, 1.807) is 22.9 Å². The van der Waals surface area contributed by atoms with Gasteiger partial charge in [0, 0.05) is 17.0 Å². The van der Waals surface area contributed by atoms with Gasteiger partial charge in [0.15, 0.2) is 0 Å². The first-order valence-corrected chi connectivity index (χ1v) is 8.16. The van der Waals surface area contributed by atoms with E-state index in [4.69, 9.17) is 4.74 Å². The van der Waals surface area contributed by atoms with Gasteiger partial charge in [-0.3, -0.25) is 4.79 Å². The highest BCUT2D eigenvalue weighted by molar-refractivity contribution is 7.07. The highest BCUT2D eigenvalue weighted by atomic mass is 32.1. The van der Waals surface area contributed by atoms with Crippen molar-refractivity contribution in [1.82, 2.24) is 10.3 Å². The zero-order valence-corrected chi connectivity index (χ0v) is 12.6. The van der Waals surface area contributed by atoms with Crippen LogP contribution in [0.3, 0.4) is 0 Å². The molecule has 0 radical (unpaired) electrons. The fraction of sp³-hybridized carbons (Fsp3) is 0.375. The van der Waals surface area contributed by atoms with E-state index in [1.807, 2.05) is 23.6 Å². The van der Waals surface area contributed by atoms with E-state index in [-0.39, 0.29) is 5.91 Å². The molecule has 1 aliphatic carbocycles. The van der Waals surface area contributed by atoms with Crippen LogP contribution in [0.2, 0.25) is 0 Å². The first-order chi connectivity index (χ1) is 10.3. The predicted molar refractivity (Wildman–Crippen MR) is 82.6 cm³/mol. The average molecular weight is 302 g/mol. The van der Waals surface area contributed by atoms with Gasteiger partial charge in [0.05, 0.1) is 11.2 Å². The van der Waals surface area contributed by atoms with E-state index >= 15 is 0 Å². The molecule has 0 spiro atoms. The molecule has 0 aliphatic heterocycles. The molecule has 1 saturated carbocycles. The number of benzene rings is 1. The minimum absolute atomic E-state index is 0.0130. The number of carbonyl (C=O) groups excluding carboxylic acids is 1. The summed E-state index contributed by atoms with van der Waals surface area (Å²) >= 11 is 1.55. The number of nitrogens with zero attached hydrogens (tertiary/aromatic N) is 1. The molecule has 1 fully saturated rings. The topological polar surface area (TPSA) is 51.2 Å². The van der Waals surface area contributed by atoms with Crippen LogP contribution in [0.25, 0.3) is 0 Å². The molecule has 3 rings (SSSR count). The Morgan fingerprint density at radius 1 is 1.38 bits per heavy atom. The van der Waals surface area contributed by atoms with Crippen LogP contribution in [0.1, 0.15) is 41.7 Å². The number of ether oxygens (including phenoxy) is 1. The maximum Gasteiger partial charge on any atom is 0.251 e. The van der Waals surface area contributed by atoms with Crippen LogP contribution >= 0.6 is 11.3 Å². The number of rotatable bonds is 5. The van der Waals surface area contributed by atoms with Crippen LogP contribution in [0.5, 0.6) is 5.75 Å². The molecule has 0 unspecified atom stereocenters. The van der Waals surface area contributed by atoms with Gasteiger partial charge >= 0.3 is 0 Å². The molecule has 2 aromatic rings. The van der Waals surface area contributed by atoms with Gasteiger partial charge in [0.1, 0.15) is 12.4 Å². The van der Waals surface area contributed by atoms with E-state index in [2.05, 4.69) is 10.3 Å². The Balaban J connectivity index is 1.60. The van der Waals surface area contributed by atoms with Crippen molar-refractivity contribution in [3.63, 3.8) is 0 Å². The molecular formula is C16H18N2O2S. The summed E-state index contributed by atoms with van der Waals surface area (Å²) in [6.07, 6.45) is 4.60. The summed E-state index contributed by atoms with van der Waals surface area (Å²) in [6.45, 7) is 0.428. The van der Waals surface area contributed by atoms with Gasteiger partial charge in [-0.25, -0.2) is 4.98 Å². The Kier molecular flexibility index (Phi) is 4.50. The highest BCUT2D eigenvalue weighted by Gasteiger charge is 2.18. The van der Waals surface area contributed by atoms with Crippen molar-refractivity contribution >= 4 is 17.2 Å². The molecule has 1 aromatic carbocycles. The van der Waals surface area contributed by atoms with Crippen molar-refractivity contribution in [3.05, 3.63) is 46.4 Å². The van der Waals surface area contributed by atoms with Gasteiger partial charge in [-0.05, 0) is 31.0 Å². The Labute approximate surface area is 128 Å². The third-order valence-electron chi connectivity index (χ3n) is 3.66. The second-order valence-electron chi connectivity index (χ2n) is 5.25. The lowest BCUT2D eigenvalue weighted by Gasteiger charge is -2.12. The molecule has 1 aliphatic rings. The maximum atomic E-state index is 12.2. The van der Waals surface area contributed by atoms with Crippen LogP contribution in [-0.4, -0.2) is 16.9 Å². The van der Waals surface area contributed by atoms with Gasteiger partial charge in [0.25, 0.3) is 5.91 Å². The molecule has 4 nitrogen and oxygen atoms in total. The summed E-state index contributed by atoms with van der Waals surface area (Å²) in [4.78, 5) is 16.4. The molecule has 1 aromatic heterocycles. The Morgan fingerprint density at radius 2 is 2.24 bits per heavy atom. The summed E-state index contributed by atoms with van der Waals surface area (Å²) in [5, 5.41) is 5.04. The third kappa shape index (κ3) is 3.82. The van der Waals surface area contributed by atoms with Crippen molar-refractivity contribution in [1.29, 1.82) is 0 Å². The molecule has 21 heavy (non-hydrogen) atoms. The number of thiazole rings is 1. The van der Waals surface area contributed by atoms with E-state index in [0.29, 0.717) is 24.0 Å². The molecule has 1 amide bonds. The van der Waals surface area contributed by atoms with Crippen molar-refractivity contribution in [3.8, 4) is 5.75 Å². The van der Waals surface area contributed by atoms with Crippen LogP contribution < -0.4 is 10.1 Å². The van der Waals surface area contributed by atoms with Crippen LogP contribution in [0, 0.1) is 0 Å². The highest BCUT2D eigenvalue weighted by Crippen LogP contribution is 2.19. The standard InChI is InChI=1S/C16H18N2O2S/c19-16(18-13-5-1-2-6-13)12-4-3-7-15(8-12)20-9-14-10-21-11-17-14/h3-4,7-8,10-11,13H,1-2,5-6,9H2,(H,18,19). The smallest absolute Gasteiger partial charge is 0.251 e. The molecule has 1 heterocycles. The molecular weight excluding hydrogens is 284 g/mol. The lowest BCUT2D eigenvalue weighted by Crippen LogP contribution is -2.32. The number of amides is 1. The van der Waals surface area contributed by atoms with Crippen molar-refractivity contribution in [2.75, 3.05) is 0 Å². The van der Waals surface area contributed by atoms with E-state index < -0.39 is 0 Å². The summed E-state index contributed by atoms with van der Waals surface area (Å²) in [6, 6.07) is 7.65. The zero-order valence-electron chi connectivity index (χ0n) is 11.7. The van der Waals surface area contributed by atoms with Crippen LogP contribution in [-0.2, 0) is 6.61 Å². The zero-order chi connectivity index (χ0) is 14.5. The predicted octanol–water partition coefficient (Wildman–Crippen LogP) is 3.39. The van der Waals surface area contributed by atoms with E-state index in [9.17, 15) is 4.79 Å². The second kappa shape index (κ2) is 6.72. The molecule has 5 heteroatoms. The molecule has 0 saturated heterocycles. The maximum absolute atomic E-state index is 12.2. The van der Waals surface area contributed by atoms with Gasteiger partial charge in [-0.2, -0.15) is 0 Å². The third-order valence-corrected chi connectivity index (χ3v) is 4.29. The summed E-state index contributed by atoms with van der Waals surface area (Å²) in [7, 11) is 0. The fourth-order valence-corrected chi connectivity index (χ4v) is 3.08. The lowest BCUT2D eigenvalue weighted by atomic mass is 10.1. The molecule has 0 bridgehead atoms. The number of hydrogen-bond donors (Lipinski definition) is 1. The first-order valence-electron chi connectivity index (χ1n) is 7.22. The van der Waals surface area contributed by atoms with E-state index in [1.165, 1.54) is 12.8 Å². The summed E-state index contributed by atoms with van der Waals surface area (Å²) < 4.78 is 5.68. The minimum Gasteiger partial charge on any atom is -0.487 e. The van der Waals surface area contributed by atoms with Crippen LogP contribution in [0.4, 0.5) is 0 Å². The van der Waals surface area contributed by atoms with Gasteiger partial charge in [-0.15, -0.1) is 11.3 Å². The second-order valence-corrected chi connectivity index (χ2v) is 5.97. The first kappa shape index (κ1) is 14.1. The van der Waals surface area contributed by atoms with Gasteiger partial charge < -0.3 is 10.1 Å². The van der Waals surface area contributed by atoms with Crippen molar-refractivity contribution < 1.29 is 9.53 Å². The monoisotopic (exact) mass is 302 g/mol. The largest absolute Gasteiger partial charge is 0.487 e. The summed E-state index contributed by atoms with van der Waals surface area (Å²) in [5.74, 6) is 0.683. The molecule has 0 atom stereocenters. The van der Waals surface area contributed by atoms with Gasteiger partial charge in [0.2, 0.25) is 0 Å². The number of carbonyl (C=O) groups is 1. The average Bonchev–Trinajstić information content (AvgIpc) is 3.19. The minimum atomic E-state index is -0.0130. The quantitative estimate of drug-likeness (QED) is 0.921. The Hall–Kier alpha value is -1.88. The lowest BCUT2D eigenvalue weighted by molar-refractivity contribution is 0.0937. The summed E-state index contributed by atoms with van der Waals surface area (Å²) in [5.41, 5.74) is 3.34.